The topological polar surface area (TPSA) is 107 Å². The van der Waals surface area contributed by atoms with Crippen molar-refractivity contribution in [3.63, 3.8) is 0 Å². The van der Waals surface area contributed by atoms with Crippen LogP contribution in [0.3, 0.4) is 0 Å². The summed E-state index contributed by atoms with van der Waals surface area (Å²) in [7, 11) is -2.33. The number of carboxylic acids is 1. The first kappa shape index (κ1) is 18.4. The molecule has 7 heteroatoms. The molecule has 6 nitrogen and oxygen atoms in total. The van der Waals surface area contributed by atoms with E-state index in [1.54, 1.807) is 36.4 Å². The zero-order valence-corrected chi connectivity index (χ0v) is 15.4. The highest BCUT2D eigenvalue weighted by molar-refractivity contribution is 7.92. The van der Waals surface area contributed by atoms with E-state index in [4.69, 9.17) is 10.5 Å². The van der Waals surface area contributed by atoms with Gasteiger partial charge in [0.25, 0.3) is 0 Å². The molecule has 0 saturated heterocycles. The maximum absolute atomic E-state index is 13.1. The maximum atomic E-state index is 13.1. The van der Waals surface area contributed by atoms with Crippen LogP contribution >= 0.6 is 0 Å². The number of nitrogens with two attached hydrogens (primary N) is 1. The molecule has 2 aromatic carbocycles. The van der Waals surface area contributed by atoms with E-state index in [0.29, 0.717) is 11.3 Å². The van der Waals surface area contributed by atoms with Gasteiger partial charge >= 0.3 is 5.97 Å². The molecule has 3 atom stereocenters. The molecular formula is C19H21NO5S. The molecular weight excluding hydrogens is 354 g/mol. The monoisotopic (exact) mass is 375 g/mol. The molecule has 1 fully saturated rings. The first-order valence-corrected chi connectivity index (χ1v) is 9.71. The van der Waals surface area contributed by atoms with E-state index in [-0.39, 0.29) is 11.4 Å². The summed E-state index contributed by atoms with van der Waals surface area (Å²) in [4.78, 5) is 12.1. The second-order valence-electron chi connectivity index (χ2n) is 6.58. The molecule has 26 heavy (non-hydrogen) atoms. The predicted molar refractivity (Wildman–Crippen MR) is 97.0 cm³/mol. The quantitative estimate of drug-likeness (QED) is 0.799. The van der Waals surface area contributed by atoms with E-state index in [1.807, 2.05) is 6.92 Å². The van der Waals surface area contributed by atoms with Crippen molar-refractivity contribution < 1.29 is 23.1 Å². The van der Waals surface area contributed by atoms with Gasteiger partial charge in [0.2, 0.25) is 0 Å². The van der Waals surface area contributed by atoms with E-state index < -0.39 is 32.4 Å². The van der Waals surface area contributed by atoms with Crippen LogP contribution in [0.15, 0.2) is 53.4 Å². The van der Waals surface area contributed by atoms with Crippen molar-refractivity contribution in [1.29, 1.82) is 0 Å². The molecule has 2 aromatic rings. The van der Waals surface area contributed by atoms with Gasteiger partial charge in [-0.2, -0.15) is 0 Å². The Morgan fingerprint density at radius 3 is 2.19 bits per heavy atom. The first-order valence-electron chi connectivity index (χ1n) is 8.17. The summed E-state index contributed by atoms with van der Waals surface area (Å²) < 4.78 is 31.4. The minimum atomic E-state index is -3.85. The lowest BCUT2D eigenvalue weighted by molar-refractivity contribution is -0.143. The molecule has 0 bridgehead atoms. The molecule has 3 N–H and O–H groups in total. The van der Waals surface area contributed by atoms with Crippen LogP contribution in [0.4, 0.5) is 0 Å². The average Bonchev–Trinajstić information content (AvgIpc) is 3.34. The van der Waals surface area contributed by atoms with E-state index in [1.165, 1.54) is 19.2 Å². The van der Waals surface area contributed by atoms with Gasteiger partial charge in [-0.15, -0.1) is 0 Å². The van der Waals surface area contributed by atoms with Gasteiger partial charge in [-0.05, 0) is 36.8 Å². The Morgan fingerprint density at radius 2 is 1.73 bits per heavy atom. The minimum Gasteiger partial charge on any atom is -0.497 e. The van der Waals surface area contributed by atoms with Crippen molar-refractivity contribution in [1.82, 2.24) is 0 Å². The second-order valence-corrected chi connectivity index (χ2v) is 8.65. The number of carbonyl (C=O) groups is 1. The van der Waals surface area contributed by atoms with Crippen molar-refractivity contribution in [2.24, 2.45) is 11.1 Å². The third-order valence-electron chi connectivity index (χ3n) is 5.15. The zero-order valence-electron chi connectivity index (χ0n) is 14.5. The van der Waals surface area contributed by atoms with Gasteiger partial charge in [-0.1, -0.05) is 29.8 Å². The Kier molecular flexibility index (Phi) is 4.54. The molecule has 138 valence electrons. The molecule has 3 rings (SSSR count). The number of methoxy groups -OCH3 is 1. The molecule has 1 aliphatic carbocycles. The van der Waals surface area contributed by atoms with Gasteiger partial charge < -0.3 is 15.6 Å². The first-order chi connectivity index (χ1) is 12.3. The van der Waals surface area contributed by atoms with Crippen LogP contribution in [0.2, 0.25) is 0 Å². The van der Waals surface area contributed by atoms with Crippen LogP contribution in [0.25, 0.3) is 0 Å². The molecule has 1 saturated carbocycles. The third-order valence-corrected chi connectivity index (χ3v) is 7.44. The molecule has 0 amide bonds. The Labute approximate surface area is 152 Å². The zero-order chi connectivity index (χ0) is 19.1. The molecule has 0 heterocycles. The fourth-order valence-electron chi connectivity index (χ4n) is 3.60. The number of carboxylic acid groups (broad SMARTS) is 1. The van der Waals surface area contributed by atoms with Gasteiger partial charge in [0, 0.05) is 12.5 Å². The van der Waals surface area contributed by atoms with E-state index in [2.05, 4.69) is 0 Å². The Bertz CT molecular complexity index is 921. The molecule has 1 aliphatic rings. The highest BCUT2D eigenvalue weighted by Gasteiger charge is 2.75. The number of ether oxygens (including phenoxy) is 1. The smallest absolute Gasteiger partial charge is 0.312 e. The molecule has 0 aromatic heterocycles. The number of rotatable bonds is 6. The van der Waals surface area contributed by atoms with E-state index in [0.717, 1.165) is 5.56 Å². The summed E-state index contributed by atoms with van der Waals surface area (Å²) >= 11 is 0. The molecule has 0 radical (unpaired) electrons. The lowest BCUT2D eigenvalue weighted by Gasteiger charge is -2.10. The molecule has 0 aliphatic heterocycles. The van der Waals surface area contributed by atoms with Crippen molar-refractivity contribution in [3.05, 3.63) is 59.7 Å². The average molecular weight is 375 g/mol. The largest absolute Gasteiger partial charge is 0.497 e. The SMILES string of the molecule is COc1ccc([C@@H]2[C@H](S(=O)(=O)c3ccc(C)cc3)[C@@]2(CN)C(=O)O)cc1. The van der Waals surface area contributed by atoms with Crippen molar-refractivity contribution in [2.75, 3.05) is 13.7 Å². The van der Waals surface area contributed by atoms with Gasteiger partial charge in [-0.25, -0.2) is 8.42 Å². The minimum absolute atomic E-state index is 0.114. The lowest BCUT2D eigenvalue weighted by Crippen LogP contribution is -2.31. The lowest BCUT2D eigenvalue weighted by atomic mass is 9.99. The van der Waals surface area contributed by atoms with Crippen LogP contribution in [-0.2, 0) is 14.6 Å². The summed E-state index contributed by atoms with van der Waals surface area (Å²) in [5.41, 5.74) is 5.79. The van der Waals surface area contributed by atoms with Gasteiger partial charge in [0.15, 0.2) is 9.84 Å². The number of hydrogen-bond donors (Lipinski definition) is 2. The molecule has 0 spiro atoms. The summed E-state index contributed by atoms with van der Waals surface area (Å²) in [5.74, 6) is -1.29. The standard InChI is InChI=1S/C19H21NO5S/c1-12-3-9-15(10-4-12)26(23,24)17-16(19(17,11-20)18(21)22)13-5-7-14(25-2)8-6-13/h3-10,16-17H,11,20H2,1-2H3,(H,21,22)/t16-,17+,19+/m1/s1. The summed E-state index contributed by atoms with van der Waals surface area (Å²) in [6.45, 7) is 1.60. The third kappa shape index (κ3) is 2.68. The number of hydrogen-bond acceptors (Lipinski definition) is 5. The number of aryl methyl sites for hydroxylation is 1. The Balaban J connectivity index is 2.08. The van der Waals surface area contributed by atoms with Gasteiger partial charge in [-0.3, -0.25) is 4.79 Å². The number of benzene rings is 2. The molecule has 0 unspecified atom stereocenters. The Hall–Kier alpha value is -2.38. The highest BCUT2D eigenvalue weighted by Crippen LogP contribution is 2.63. The van der Waals surface area contributed by atoms with Crippen LogP contribution in [0, 0.1) is 12.3 Å². The number of sulfone groups is 1. The van der Waals surface area contributed by atoms with Crippen molar-refractivity contribution in [2.45, 2.75) is 23.0 Å². The van der Waals surface area contributed by atoms with Crippen LogP contribution < -0.4 is 10.5 Å². The fraction of sp³-hybridized carbons (Fsp3) is 0.316. The summed E-state index contributed by atoms with van der Waals surface area (Å²) in [5, 5.41) is 8.69. The van der Waals surface area contributed by atoms with Gasteiger partial charge in [0.1, 0.15) is 11.2 Å². The Morgan fingerprint density at radius 1 is 1.15 bits per heavy atom. The summed E-state index contributed by atoms with van der Waals surface area (Å²) in [6, 6.07) is 13.2. The van der Waals surface area contributed by atoms with Crippen LogP contribution in [0.1, 0.15) is 17.0 Å². The normalized spacial score (nSPS) is 24.9. The van der Waals surface area contributed by atoms with Crippen LogP contribution in [0.5, 0.6) is 5.75 Å². The van der Waals surface area contributed by atoms with E-state index in [9.17, 15) is 18.3 Å². The fourth-order valence-corrected chi connectivity index (χ4v) is 5.99. The summed E-state index contributed by atoms with van der Waals surface area (Å²) in [6.07, 6.45) is 0. The number of aliphatic carboxylic acids is 1. The van der Waals surface area contributed by atoms with Gasteiger partial charge in [0.05, 0.1) is 17.3 Å². The maximum Gasteiger partial charge on any atom is 0.312 e. The van der Waals surface area contributed by atoms with Crippen molar-refractivity contribution >= 4 is 15.8 Å². The van der Waals surface area contributed by atoms with Crippen LogP contribution in [-0.4, -0.2) is 38.4 Å². The predicted octanol–water partition coefficient (Wildman–Crippen LogP) is 1.97. The van der Waals surface area contributed by atoms with Crippen molar-refractivity contribution in [3.8, 4) is 5.75 Å². The van der Waals surface area contributed by atoms with E-state index >= 15 is 0 Å². The highest BCUT2D eigenvalue weighted by atomic mass is 32.2. The second kappa shape index (κ2) is 6.41.